The van der Waals surface area contributed by atoms with Crippen LogP contribution in [0.3, 0.4) is 0 Å². The number of nitrogens with one attached hydrogen (secondary N) is 1. The van der Waals surface area contributed by atoms with Crippen molar-refractivity contribution in [3.8, 4) is 0 Å². The number of rotatable bonds is 5. The van der Waals surface area contributed by atoms with Crippen LogP contribution in [-0.2, 0) is 9.59 Å². The van der Waals surface area contributed by atoms with Crippen LogP contribution in [0, 0.1) is 6.92 Å². The van der Waals surface area contributed by atoms with Crippen LogP contribution in [0.15, 0.2) is 42.5 Å². The van der Waals surface area contributed by atoms with Crippen LogP contribution in [-0.4, -0.2) is 48.9 Å². The van der Waals surface area contributed by atoms with Gasteiger partial charge in [0.05, 0.1) is 11.3 Å². The van der Waals surface area contributed by atoms with E-state index in [-0.39, 0.29) is 30.7 Å². The summed E-state index contributed by atoms with van der Waals surface area (Å²) in [5.74, 6) is -0.288. The van der Waals surface area contributed by atoms with E-state index in [1.54, 1.807) is 21.9 Å². The first kappa shape index (κ1) is 20.9. The van der Waals surface area contributed by atoms with Gasteiger partial charge in [-0.3, -0.25) is 19.3 Å². The summed E-state index contributed by atoms with van der Waals surface area (Å²) in [5, 5.41) is 2.95. The minimum atomic E-state index is -0.744. The van der Waals surface area contributed by atoms with Crippen molar-refractivity contribution < 1.29 is 14.4 Å². The lowest BCUT2D eigenvalue weighted by Gasteiger charge is -2.48. The van der Waals surface area contributed by atoms with Gasteiger partial charge in [0.2, 0.25) is 11.8 Å². The first-order valence-corrected chi connectivity index (χ1v) is 10.5. The molecule has 7 heteroatoms. The van der Waals surface area contributed by atoms with E-state index in [0.717, 1.165) is 16.9 Å². The second kappa shape index (κ2) is 7.72. The third-order valence-electron chi connectivity index (χ3n) is 6.31. The predicted octanol–water partition coefficient (Wildman–Crippen LogP) is 3.39. The van der Waals surface area contributed by atoms with Gasteiger partial charge in [0, 0.05) is 44.9 Å². The lowest BCUT2D eigenvalue weighted by Crippen LogP contribution is -2.62. The molecule has 0 spiro atoms. The molecule has 0 saturated carbocycles. The van der Waals surface area contributed by atoms with Gasteiger partial charge in [0.25, 0.3) is 5.91 Å². The Hall–Kier alpha value is -3.35. The lowest BCUT2D eigenvalue weighted by molar-refractivity contribution is -0.117. The minimum absolute atomic E-state index is 0.00788. The lowest BCUT2D eigenvalue weighted by atomic mass is 9.98. The van der Waals surface area contributed by atoms with Gasteiger partial charge in [0.1, 0.15) is 5.66 Å². The Kier molecular flexibility index (Phi) is 5.21. The van der Waals surface area contributed by atoms with Crippen LogP contribution in [0.2, 0.25) is 0 Å². The molecule has 0 radical (unpaired) electrons. The Morgan fingerprint density at radius 2 is 1.90 bits per heavy atom. The molecule has 1 N–H and O–H groups in total. The standard InChI is InChI=1S/C24H28N4O3/c1-16-15-17(26(3)4)9-10-19(16)25-21(29)12-14-27-23(31)18-7-5-6-8-20(18)28-22(30)11-13-24(27,28)2/h5-10,15H,11-14H2,1-4H3,(H,25,29)/t24-/m1/s1. The van der Waals surface area contributed by atoms with E-state index >= 15 is 0 Å². The number of hydrogen-bond acceptors (Lipinski definition) is 4. The van der Waals surface area contributed by atoms with Crippen LogP contribution >= 0.6 is 0 Å². The van der Waals surface area contributed by atoms with Gasteiger partial charge in [-0.15, -0.1) is 0 Å². The molecule has 1 atom stereocenters. The molecule has 1 saturated heterocycles. The van der Waals surface area contributed by atoms with E-state index in [9.17, 15) is 14.4 Å². The van der Waals surface area contributed by atoms with E-state index in [1.165, 1.54) is 0 Å². The third kappa shape index (κ3) is 3.54. The SMILES string of the molecule is Cc1cc(N(C)C)ccc1NC(=O)CCN1C(=O)c2ccccc2N2C(=O)CC[C@]12C. The van der Waals surface area contributed by atoms with Crippen LogP contribution in [0.4, 0.5) is 17.1 Å². The Labute approximate surface area is 182 Å². The summed E-state index contributed by atoms with van der Waals surface area (Å²) >= 11 is 0. The number of carbonyl (C=O) groups excluding carboxylic acids is 3. The highest BCUT2D eigenvalue weighted by molar-refractivity contribution is 6.10. The van der Waals surface area contributed by atoms with Crippen molar-refractivity contribution in [3.05, 3.63) is 53.6 Å². The van der Waals surface area contributed by atoms with Crippen molar-refractivity contribution in [3.63, 3.8) is 0 Å². The summed E-state index contributed by atoms with van der Waals surface area (Å²) in [4.78, 5) is 44.0. The van der Waals surface area contributed by atoms with Gasteiger partial charge >= 0.3 is 0 Å². The summed E-state index contributed by atoms with van der Waals surface area (Å²) in [6.45, 7) is 4.11. The van der Waals surface area contributed by atoms with Gasteiger partial charge in [-0.05, 0) is 56.2 Å². The number of fused-ring (bicyclic) bond motifs is 3. The summed E-state index contributed by atoms with van der Waals surface area (Å²) in [7, 11) is 3.94. The molecule has 2 aromatic rings. The fraction of sp³-hybridized carbons (Fsp3) is 0.375. The van der Waals surface area contributed by atoms with E-state index in [2.05, 4.69) is 5.32 Å². The highest BCUT2D eigenvalue weighted by Gasteiger charge is 2.52. The molecular formula is C24H28N4O3. The normalized spacial score (nSPS) is 19.9. The molecule has 0 bridgehead atoms. The molecule has 3 amide bonds. The van der Waals surface area contributed by atoms with Gasteiger partial charge in [-0.1, -0.05) is 12.1 Å². The van der Waals surface area contributed by atoms with Crippen LogP contribution in [0.25, 0.3) is 0 Å². The smallest absolute Gasteiger partial charge is 0.257 e. The summed E-state index contributed by atoms with van der Waals surface area (Å²) in [6, 6.07) is 13.1. The van der Waals surface area contributed by atoms with Crippen molar-refractivity contribution in [2.75, 3.05) is 35.8 Å². The van der Waals surface area contributed by atoms with Gasteiger partial charge in [-0.25, -0.2) is 0 Å². The van der Waals surface area contributed by atoms with Crippen LogP contribution < -0.4 is 15.1 Å². The second-order valence-electron chi connectivity index (χ2n) is 8.61. The maximum absolute atomic E-state index is 13.2. The zero-order chi connectivity index (χ0) is 22.3. The van der Waals surface area contributed by atoms with Crippen molar-refractivity contribution in [1.29, 1.82) is 0 Å². The number of amides is 3. The number of para-hydroxylation sites is 1. The van der Waals surface area contributed by atoms with Crippen molar-refractivity contribution >= 4 is 34.8 Å². The maximum Gasteiger partial charge on any atom is 0.257 e. The molecule has 0 unspecified atom stereocenters. The third-order valence-corrected chi connectivity index (χ3v) is 6.31. The van der Waals surface area contributed by atoms with Crippen molar-refractivity contribution in [1.82, 2.24) is 4.90 Å². The molecule has 7 nitrogen and oxygen atoms in total. The molecule has 1 fully saturated rings. The molecular weight excluding hydrogens is 392 g/mol. The van der Waals surface area contributed by atoms with Gasteiger partial charge < -0.3 is 15.1 Å². The highest BCUT2D eigenvalue weighted by atomic mass is 16.2. The molecule has 4 rings (SSSR count). The molecule has 31 heavy (non-hydrogen) atoms. The van der Waals surface area contributed by atoms with E-state index in [0.29, 0.717) is 24.1 Å². The van der Waals surface area contributed by atoms with E-state index in [4.69, 9.17) is 0 Å². The molecule has 0 aliphatic carbocycles. The fourth-order valence-electron chi connectivity index (χ4n) is 4.53. The monoisotopic (exact) mass is 420 g/mol. The molecule has 2 aliphatic heterocycles. The zero-order valence-electron chi connectivity index (χ0n) is 18.4. The molecule has 2 heterocycles. The largest absolute Gasteiger partial charge is 0.378 e. The summed E-state index contributed by atoms with van der Waals surface area (Å²) in [5.41, 5.74) is 3.22. The summed E-state index contributed by atoms with van der Waals surface area (Å²) in [6.07, 6.45) is 1.09. The molecule has 2 aromatic carbocycles. The number of hydrogen-bond donors (Lipinski definition) is 1. The first-order chi connectivity index (χ1) is 14.7. The van der Waals surface area contributed by atoms with Crippen LogP contribution in [0.1, 0.15) is 42.1 Å². The number of aryl methyl sites for hydroxylation is 1. The van der Waals surface area contributed by atoms with E-state index < -0.39 is 5.66 Å². The van der Waals surface area contributed by atoms with Crippen molar-refractivity contribution in [2.24, 2.45) is 0 Å². The predicted molar refractivity (Wildman–Crippen MR) is 121 cm³/mol. The highest BCUT2D eigenvalue weighted by Crippen LogP contribution is 2.44. The Morgan fingerprint density at radius 3 is 2.61 bits per heavy atom. The number of nitrogens with zero attached hydrogens (tertiary/aromatic N) is 3. The first-order valence-electron chi connectivity index (χ1n) is 10.5. The summed E-state index contributed by atoms with van der Waals surface area (Å²) < 4.78 is 0. The van der Waals surface area contributed by atoms with Crippen LogP contribution in [0.5, 0.6) is 0 Å². The van der Waals surface area contributed by atoms with Crippen molar-refractivity contribution in [2.45, 2.75) is 38.8 Å². The number of benzene rings is 2. The number of carbonyl (C=O) groups is 3. The average molecular weight is 421 g/mol. The Morgan fingerprint density at radius 1 is 1.16 bits per heavy atom. The quantitative estimate of drug-likeness (QED) is 0.805. The van der Waals surface area contributed by atoms with Gasteiger partial charge in [0.15, 0.2) is 0 Å². The Balaban J connectivity index is 1.51. The second-order valence-corrected chi connectivity index (χ2v) is 8.61. The number of anilines is 3. The topological polar surface area (TPSA) is 73.0 Å². The van der Waals surface area contributed by atoms with E-state index in [1.807, 2.05) is 63.2 Å². The molecule has 162 valence electrons. The molecule has 0 aromatic heterocycles. The maximum atomic E-state index is 13.2. The van der Waals surface area contributed by atoms with Gasteiger partial charge in [-0.2, -0.15) is 0 Å². The molecule has 2 aliphatic rings. The fourth-order valence-corrected chi connectivity index (χ4v) is 4.53. The minimum Gasteiger partial charge on any atom is -0.378 e. The Bertz CT molecular complexity index is 1060. The zero-order valence-corrected chi connectivity index (χ0v) is 18.4. The average Bonchev–Trinajstić information content (AvgIpc) is 3.04.